The molecule has 1 heterocycles. The summed E-state index contributed by atoms with van der Waals surface area (Å²) in [5, 5.41) is 6.88. The smallest absolute Gasteiger partial charge is 0.330 e. The first-order valence-corrected chi connectivity index (χ1v) is 6.91. The molecule has 0 amide bonds. The minimum absolute atomic E-state index is 0.0565. The molecule has 19 heavy (non-hydrogen) atoms. The van der Waals surface area contributed by atoms with E-state index in [0.717, 1.165) is 12.0 Å². The van der Waals surface area contributed by atoms with Gasteiger partial charge in [-0.15, -0.1) is 0 Å². The van der Waals surface area contributed by atoms with Crippen molar-refractivity contribution in [3.05, 3.63) is 22.4 Å². The fraction of sp³-hybridized carbons (Fsp3) is 0.667. The van der Waals surface area contributed by atoms with Gasteiger partial charge in [-0.05, 0) is 35.4 Å². The van der Waals surface area contributed by atoms with E-state index in [9.17, 15) is 17.6 Å². The largest absolute Gasteiger partial charge is 0.373 e. The van der Waals surface area contributed by atoms with Gasteiger partial charge in [0.25, 0.3) is 0 Å². The Bertz CT molecular complexity index is 346. The lowest BCUT2D eigenvalue weighted by atomic mass is 10.1. The van der Waals surface area contributed by atoms with Crippen LogP contribution in [-0.2, 0) is 4.74 Å². The van der Waals surface area contributed by atoms with E-state index in [0.29, 0.717) is 6.54 Å². The second-order valence-electron chi connectivity index (χ2n) is 4.14. The fourth-order valence-corrected chi connectivity index (χ4v) is 2.15. The van der Waals surface area contributed by atoms with Crippen molar-refractivity contribution in [1.82, 2.24) is 5.32 Å². The normalized spacial score (nSPS) is 14.0. The third-order valence-corrected chi connectivity index (χ3v) is 3.19. The first-order valence-electron chi connectivity index (χ1n) is 5.96. The topological polar surface area (TPSA) is 21.3 Å². The van der Waals surface area contributed by atoms with Crippen molar-refractivity contribution in [2.45, 2.75) is 31.7 Å². The van der Waals surface area contributed by atoms with Crippen molar-refractivity contribution in [1.29, 1.82) is 0 Å². The molecule has 1 rings (SSSR count). The van der Waals surface area contributed by atoms with Gasteiger partial charge in [-0.1, -0.05) is 6.92 Å². The lowest BCUT2D eigenvalue weighted by Gasteiger charge is -2.20. The highest BCUT2D eigenvalue weighted by molar-refractivity contribution is 7.07. The second kappa shape index (κ2) is 7.81. The lowest BCUT2D eigenvalue weighted by Crippen LogP contribution is -2.34. The Morgan fingerprint density at radius 3 is 2.68 bits per heavy atom. The minimum Gasteiger partial charge on any atom is -0.373 e. The Kier molecular flexibility index (Phi) is 6.74. The van der Waals surface area contributed by atoms with Crippen LogP contribution < -0.4 is 5.32 Å². The van der Waals surface area contributed by atoms with Gasteiger partial charge in [0.15, 0.2) is 0 Å². The van der Waals surface area contributed by atoms with Crippen molar-refractivity contribution in [3.63, 3.8) is 0 Å². The van der Waals surface area contributed by atoms with Crippen molar-refractivity contribution < 1.29 is 22.3 Å². The summed E-state index contributed by atoms with van der Waals surface area (Å²) in [6, 6.07) is 1.60. The summed E-state index contributed by atoms with van der Waals surface area (Å²) < 4.78 is 54.1. The van der Waals surface area contributed by atoms with E-state index < -0.39 is 19.0 Å². The van der Waals surface area contributed by atoms with Crippen LogP contribution in [0.1, 0.15) is 24.9 Å². The third-order valence-electron chi connectivity index (χ3n) is 2.48. The standard InChI is InChI=1S/C12H17F4NOS/c1-2-4-17-10(9-3-5-19-7-9)6-18-8-12(15,16)11(13)14/h3,5,7,10-11,17H,2,4,6,8H2,1H3. The van der Waals surface area contributed by atoms with E-state index in [1.54, 1.807) is 0 Å². The van der Waals surface area contributed by atoms with Crippen molar-refractivity contribution in [3.8, 4) is 0 Å². The van der Waals surface area contributed by atoms with Crippen molar-refractivity contribution in [2.24, 2.45) is 0 Å². The van der Waals surface area contributed by atoms with Gasteiger partial charge in [0.1, 0.15) is 6.61 Å². The average Bonchev–Trinajstić information content (AvgIpc) is 2.86. The van der Waals surface area contributed by atoms with Crippen LogP contribution in [0.3, 0.4) is 0 Å². The lowest BCUT2D eigenvalue weighted by molar-refractivity contribution is -0.167. The quantitative estimate of drug-likeness (QED) is 0.702. The molecule has 110 valence electrons. The maximum Gasteiger partial charge on any atom is 0.330 e. The number of alkyl halides is 4. The first-order chi connectivity index (χ1) is 8.97. The number of nitrogens with one attached hydrogen (secondary N) is 1. The van der Waals surface area contributed by atoms with Gasteiger partial charge in [0, 0.05) is 0 Å². The van der Waals surface area contributed by atoms with Crippen molar-refractivity contribution >= 4 is 11.3 Å². The molecular formula is C12H17F4NOS. The molecule has 1 aromatic rings. The van der Waals surface area contributed by atoms with Crippen LogP contribution in [0, 0.1) is 0 Å². The molecule has 1 atom stereocenters. The van der Waals surface area contributed by atoms with Gasteiger partial charge in [-0.3, -0.25) is 0 Å². The van der Waals surface area contributed by atoms with Gasteiger partial charge in [-0.25, -0.2) is 8.78 Å². The summed E-state index contributed by atoms with van der Waals surface area (Å²) >= 11 is 1.48. The van der Waals surface area contributed by atoms with Gasteiger partial charge in [-0.2, -0.15) is 20.1 Å². The number of halogens is 4. The highest BCUT2D eigenvalue weighted by atomic mass is 32.1. The number of ether oxygens (including phenoxy) is 1. The zero-order valence-electron chi connectivity index (χ0n) is 10.5. The summed E-state index contributed by atoms with van der Waals surface area (Å²) in [5.41, 5.74) is 0.916. The summed E-state index contributed by atoms with van der Waals surface area (Å²) in [6.07, 6.45) is -2.82. The van der Waals surface area contributed by atoms with E-state index in [2.05, 4.69) is 5.32 Å². The number of thiophene rings is 1. The Morgan fingerprint density at radius 2 is 2.16 bits per heavy atom. The van der Waals surface area contributed by atoms with Crippen LogP contribution in [-0.4, -0.2) is 32.1 Å². The Balaban J connectivity index is 2.46. The molecule has 0 saturated heterocycles. The molecule has 7 heteroatoms. The molecule has 1 N–H and O–H groups in total. The van der Waals surface area contributed by atoms with Gasteiger partial charge < -0.3 is 10.1 Å². The molecule has 0 aromatic carbocycles. The predicted octanol–water partition coefficient (Wildman–Crippen LogP) is 3.71. The molecule has 0 aliphatic carbocycles. The molecule has 1 unspecified atom stereocenters. The average molecular weight is 299 g/mol. The molecule has 0 spiro atoms. The predicted molar refractivity (Wildman–Crippen MR) is 67.1 cm³/mol. The molecule has 2 nitrogen and oxygen atoms in total. The molecule has 0 radical (unpaired) electrons. The third kappa shape index (κ3) is 5.46. The molecule has 0 fully saturated rings. The van der Waals surface area contributed by atoms with Crippen LogP contribution in [0.4, 0.5) is 17.6 Å². The minimum atomic E-state index is -4.09. The van der Waals surface area contributed by atoms with Crippen LogP contribution in [0.15, 0.2) is 16.8 Å². The second-order valence-corrected chi connectivity index (χ2v) is 4.92. The maximum absolute atomic E-state index is 12.7. The van der Waals surface area contributed by atoms with Crippen molar-refractivity contribution in [2.75, 3.05) is 19.8 Å². The van der Waals surface area contributed by atoms with E-state index in [1.807, 2.05) is 23.8 Å². The molecule has 0 saturated carbocycles. The molecule has 0 aliphatic heterocycles. The molecule has 0 bridgehead atoms. The molecule has 0 aliphatic rings. The zero-order chi connectivity index (χ0) is 14.3. The van der Waals surface area contributed by atoms with E-state index in [4.69, 9.17) is 4.74 Å². The van der Waals surface area contributed by atoms with Gasteiger partial charge >= 0.3 is 12.3 Å². The Hall–Kier alpha value is -0.660. The first kappa shape index (κ1) is 16.4. The molecule has 1 aromatic heterocycles. The van der Waals surface area contributed by atoms with E-state index >= 15 is 0 Å². The SMILES string of the molecule is CCCNC(COCC(F)(F)C(F)F)c1ccsc1. The summed E-state index contributed by atoms with van der Waals surface area (Å²) in [5.74, 6) is -4.09. The van der Waals surface area contributed by atoms with E-state index in [1.165, 1.54) is 11.3 Å². The summed E-state index contributed by atoms with van der Waals surface area (Å²) in [7, 11) is 0. The highest BCUT2D eigenvalue weighted by Crippen LogP contribution is 2.24. The van der Waals surface area contributed by atoms with Crippen LogP contribution in [0.25, 0.3) is 0 Å². The summed E-state index contributed by atoms with van der Waals surface area (Å²) in [4.78, 5) is 0. The highest BCUT2D eigenvalue weighted by Gasteiger charge is 2.41. The van der Waals surface area contributed by atoms with Gasteiger partial charge in [0.2, 0.25) is 0 Å². The number of hydrogen-bond acceptors (Lipinski definition) is 3. The Morgan fingerprint density at radius 1 is 1.42 bits per heavy atom. The fourth-order valence-electron chi connectivity index (χ4n) is 1.44. The van der Waals surface area contributed by atoms with Crippen LogP contribution in [0.5, 0.6) is 0 Å². The maximum atomic E-state index is 12.7. The van der Waals surface area contributed by atoms with Crippen LogP contribution in [0.2, 0.25) is 0 Å². The van der Waals surface area contributed by atoms with E-state index in [-0.39, 0.29) is 12.6 Å². The number of hydrogen-bond donors (Lipinski definition) is 1. The number of rotatable bonds is 9. The monoisotopic (exact) mass is 299 g/mol. The summed E-state index contributed by atoms with van der Waals surface area (Å²) in [6.45, 7) is 1.36. The van der Waals surface area contributed by atoms with Gasteiger partial charge in [0.05, 0.1) is 12.6 Å². The zero-order valence-corrected chi connectivity index (χ0v) is 11.4. The Labute approximate surface area is 113 Å². The molecular weight excluding hydrogens is 282 g/mol. The van der Waals surface area contributed by atoms with Crippen LogP contribution >= 0.6 is 11.3 Å².